The Kier molecular flexibility index (Phi) is 5.36. The van der Waals surface area contributed by atoms with Crippen LogP contribution in [0.15, 0.2) is 36.4 Å². The lowest BCUT2D eigenvalue weighted by Gasteiger charge is -2.15. The van der Waals surface area contributed by atoms with Gasteiger partial charge in [0.2, 0.25) is 0 Å². The molecule has 2 aromatic carbocycles. The molecule has 2 rings (SSSR count). The number of nitrogens with one attached hydrogen (secondary N) is 1. The zero-order valence-electron chi connectivity index (χ0n) is 13.7. The number of rotatable bonds is 6. The molecule has 0 radical (unpaired) electrons. The fraction of sp³-hybridized carbons (Fsp3) is 0.278. The number of hydrogen-bond acceptors (Lipinski definition) is 5. The minimum atomic E-state index is -0.718. The topological polar surface area (TPSA) is 67.8 Å². The lowest BCUT2D eigenvalue weighted by molar-refractivity contribution is 0.101. The summed E-state index contributed by atoms with van der Waals surface area (Å²) in [6.07, 6.45) is -0.718. The predicted molar refractivity (Wildman–Crippen MR) is 89.0 cm³/mol. The van der Waals surface area contributed by atoms with Crippen molar-refractivity contribution in [1.29, 1.82) is 0 Å². The predicted octanol–water partition coefficient (Wildman–Crippen LogP) is 2.78. The molecule has 122 valence electrons. The number of ketones is 1. The first-order chi connectivity index (χ1) is 11.0. The first-order valence-corrected chi connectivity index (χ1v) is 7.24. The van der Waals surface area contributed by atoms with Gasteiger partial charge in [-0.3, -0.25) is 10.1 Å². The second-order valence-electron chi connectivity index (χ2n) is 5.13. The Morgan fingerprint density at radius 1 is 1.13 bits per heavy atom. The van der Waals surface area contributed by atoms with Crippen LogP contribution in [0.3, 0.4) is 0 Å². The standard InChI is InChI=1S/C18H21NO4/c1-11(20)14-9-15(17(23-4)16(10-14)22-3)12-5-7-13(8-6-12)18(21)19-2/h5-10,18-19,21H,1-4H3. The van der Waals surface area contributed by atoms with E-state index >= 15 is 0 Å². The maximum absolute atomic E-state index is 11.7. The minimum Gasteiger partial charge on any atom is -0.493 e. The number of Topliss-reactive ketones (excluding diaryl/α,β-unsaturated/α-hetero) is 1. The van der Waals surface area contributed by atoms with Gasteiger partial charge in [-0.2, -0.15) is 0 Å². The molecule has 0 saturated heterocycles. The fourth-order valence-corrected chi connectivity index (χ4v) is 2.39. The Labute approximate surface area is 135 Å². The normalized spacial score (nSPS) is 11.9. The van der Waals surface area contributed by atoms with Crippen molar-refractivity contribution in [3.8, 4) is 22.6 Å². The lowest BCUT2D eigenvalue weighted by Crippen LogP contribution is -2.14. The van der Waals surface area contributed by atoms with Gasteiger partial charge in [0.15, 0.2) is 17.3 Å². The van der Waals surface area contributed by atoms with Crippen LogP contribution in [-0.4, -0.2) is 32.2 Å². The Hall–Kier alpha value is -2.37. The Morgan fingerprint density at radius 3 is 2.26 bits per heavy atom. The van der Waals surface area contributed by atoms with Crippen LogP contribution in [0.4, 0.5) is 0 Å². The van der Waals surface area contributed by atoms with E-state index in [-0.39, 0.29) is 5.78 Å². The number of benzene rings is 2. The molecule has 5 heteroatoms. The summed E-state index contributed by atoms with van der Waals surface area (Å²) in [7, 11) is 4.79. The van der Waals surface area contributed by atoms with Gasteiger partial charge in [0.05, 0.1) is 14.2 Å². The smallest absolute Gasteiger partial charge is 0.168 e. The van der Waals surface area contributed by atoms with E-state index in [2.05, 4.69) is 5.32 Å². The highest BCUT2D eigenvalue weighted by Crippen LogP contribution is 2.39. The van der Waals surface area contributed by atoms with Crippen molar-refractivity contribution < 1.29 is 19.4 Å². The molecule has 5 nitrogen and oxygen atoms in total. The van der Waals surface area contributed by atoms with Crippen molar-refractivity contribution in [3.63, 3.8) is 0 Å². The number of aliphatic hydroxyl groups is 1. The quantitative estimate of drug-likeness (QED) is 0.634. The first-order valence-electron chi connectivity index (χ1n) is 7.24. The van der Waals surface area contributed by atoms with Crippen LogP contribution < -0.4 is 14.8 Å². The fourth-order valence-electron chi connectivity index (χ4n) is 2.39. The summed E-state index contributed by atoms with van der Waals surface area (Å²) in [6, 6.07) is 10.8. The van der Waals surface area contributed by atoms with Gasteiger partial charge in [0.25, 0.3) is 0 Å². The Morgan fingerprint density at radius 2 is 1.78 bits per heavy atom. The number of ether oxygens (including phenoxy) is 2. The van der Waals surface area contributed by atoms with Gasteiger partial charge in [0.1, 0.15) is 6.23 Å². The number of carbonyl (C=O) groups is 1. The molecule has 0 amide bonds. The molecular formula is C18H21NO4. The second kappa shape index (κ2) is 7.26. The Balaban J connectivity index is 2.56. The summed E-state index contributed by atoms with van der Waals surface area (Å²) < 4.78 is 10.8. The number of aliphatic hydroxyl groups excluding tert-OH is 1. The molecular weight excluding hydrogens is 294 g/mol. The van der Waals surface area contributed by atoms with Gasteiger partial charge in [-0.1, -0.05) is 24.3 Å². The number of carbonyl (C=O) groups excluding carboxylic acids is 1. The minimum absolute atomic E-state index is 0.0468. The average molecular weight is 315 g/mol. The van der Waals surface area contributed by atoms with Gasteiger partial charge in [0, 0.05) is 11.1 Å². The molecule has 0 saturated carbocycles. The summed E-state index contributed by atoms with van der Waals surface area (Å²) in [6.45, 7) is 1.51. The SMILES string of the molecule is CNC(O)c1ccc(-c2cc(C(C)=O)cc(OC)c2OC)cc1. The molecule has 0 aliphatic carbocycles. The van der Waals surface area contributed by atoms with Gasteiger partial charge >= 0.3 is 0 Å². The van der Waals surface area contributed by atoms with E-state index in [1.54, 1.807) is 26.3 Å². The summed E-state index contributed by atoms with van der Waals surface area (Å²) in [5, 5.41) is 12.6. The van der Waals surface area contributed by atoms with Crippen molar-refractivity contribution in [2.24, 2.45) is 0 Å². The molecule has 0 aliphatic rings. The summed E-state index contributed by atoms with van der Waals surface area (Å²) in [5.74, 6) is 1.03. The molecule has 0 bridgehead atoms. The van der Waals surface area contributed by atoms with Crippen LogP contribution in [0.25, 0.3) is 11.1 Å². The zero-order chi connectivity index (χ0) is 17.0. The third-order valence-corrected chi connectivity index (χ3v) is 3.70. The van der Waals surface area contributed by atoms with Crippen molar-refractivity contribution >= 4 is 5.78 Å². The highest BCUT2D eigenvalue weighted by Gasteiger charge is 2.16. The van der Waals surface area contributed by atoms with E-state index in [1.165, 1.54) is 14.0 Å². The average Bonchev–Trinajstić information content (AvgIpc) is 2.59. The van der Waals surface area contributed by atoms with Gasteiger partial charge in [-0.15, -0.1) is 0 Å². The van der Waals surface area contributed by atoms with Crippen LogP contribution in [0.2, 0.25) is 0 Å². The summed E-state index contributed by atoms with van der Waals surface area (Å²) in [5.41, 5.74) is 2.94. The van der Waals surface area contributed by atoms with Crippen LogP contribution >= 0.6 is 0 Å². The number of hydrogen-bond donors (Lipinski definition) is 2. The van der Waals surface area contributed by atoms with Gasteiger partial charge < -0.3 is 14.6 Å². The molecule has 0 aliphatic heterocycles. The second-order valence-corrected chi connectivity index (χ2v) is 5.13. The van der Waals surface area contributed by atoms with Crippen molar-refractivity contribution in [3.05, 3.63) is 47.5 Å². The summed E-state index contributed by atoms with van der Waals surface area (Å²) >= 11 is 0. The zero-order valence-corrected chi connectivity index (χ0v) is 13.7. The van der Waals surface area contributed by atoms with Crippen molar-refractivity contribution in [1.82, 2.24) is 5.32 Å². The van der Waals surface area contributed by atoms with Crippen LogP contribution in [0, 0.1) is 0 Å². The van der Waals surface area contributed by atoms with E-state index < -0.39 is 6.23 Å². The first kappa shape index (κ1) is 17.0. The summed E-state index contributed by atoms with van der Waals surface area (Å²) in [4.78, 5) is 11.7. The third-order valence-electron chi connectivity index (χ3n) is 3.70. The van der Waals surface area contributed by atoms with E-state index in [9.17, 15) is 9.90 Å². The van der Waals surface area contributed by atoms with Crippen LogP contribution in [0.5, 0.6) is 11.5 Å². The Bertz CT molecular complexity index is 695. The van der Waals surface area contributed by atoms with E-state index in [0.29, 0.717) is 17.1 Å². The molecule has 1 unspecified atom stereocenters. The highest BCUT2D eigenvalue weighted by atomic mass is 16.5. The van der Waals surface area contributed by atoms with Crippen LogP contribution in [0.1, 0.15) is 29.1 Å². The van der Waals surface area contributed by atoms with E-state index in [0.717, 1.165) is 16.7 Å². The number of methoxy groups -OCH3 is 2. The van der Waals surface area contributed by atoms with Crippen molar-refractivity contribution in [2.75, 3.05) is 21.3 Å². The molecule has 0 fully saturated rings. The monoisotopic (exact) mass is 315 g/mol. The molecule has 0 heterocycles. The molecule has 23 heavy (non-hydrogen) atoms. The largest absolute Gasteiger partial charge is 0.493 e. The maximum Gasteiger partial charge on any atom is 0.168 e. The van der Waals surface area contributed by atoms with E-state index in [1.807, 2.05) is 24.3 Å². The molecule has 1 atom stereocenters. The third kappa shape index (κ3) is 3.52. The molecule has 0 aromatic heterocycles. The van der Waals surface area contributed by atoms with Gasteiger partial charge in [-0.05, 0) is 37.2 Å². The molecule has 2 N–H and O–H groups in total. The van der Waals surface area contributed by atoms with Crippen LogP contribution in [-0.2, 0) is 0 Å². The van der Waals surface area contributed by atoms with E-state index in [4.69, 9.17) is 9.47 Å². The molecule has 0 spiro atoms. The highest BCUT2D eigenvalue weighted by molar-refractivity contribution is 5.97. The molecule has 2 aromatic rings. The van der Waals surface area contributed by atoms with Gasteiger partial charge in [-0.25, -0.2) is 0 Å². The lowest BCUT2D eigenvalue weighted by atomic mass is 9.98. The van der Waals surface area contributed by atoms with Crippen molar-refractivity contribution in [2.45, 2.75) is 13.2 Å². The maximum atomic E-state index is 11.7.